The first-order valence-electron chi connectivity index (χ1n) is 8.19. The van der Waals surface area contributed by atoms with Crippen LogP contribution in [0, 0.1) is 13.8 Å². The molecule has 0 atom stereocenters. The fourth-order valence-corrected chi connectivity index (χ4v) is 3.43. The summed E-state index contributed by atoms with van der Waals surface area (Å²) in [6.45, 7) is 9.07. The number of halogens is 1. The number of anilines is 1. The first kappa shape index (κ1) is 20.3. The molecule has 2 aromatic rings. The molecule has 0 aliphatic rings. The number of hydrogen-bond donors (Lipinski definition) is 1. The molecule has 0 unspecified atom stereocenters. The molecule has 0 aliphatic carbocycles. The number of nitrogens with one attached hydrogen (secondary N) is 1. The van der Waals surface area contributed by atoms with Crippen LogP contribution in [0.2, 0.25) is 5.02 Å². The van der Waals surface area contributed by atoms with E-state index in [1.807, 2.05) is 13.8 Å². The summed E-state index contributed by atoms with van der Waals surface area (Å²) in [6, 6.07) is 6.77. The number of thiophene rings is 1. The maximum atomic E-state index is 12.8. The second kappa shape index (κ2) is 8.10. The average molecular weight is 396 g/mol. The maximum Gasteiger partial charge on any atom is 0.341 e. The monoisotopic (exact) mass is 395 g/mol. The van der Waals surface area contributed by atoms with Crippen LogP contribution in [0.25, 0.3) is 0 Å². The summed E-state index contributed by atoms with van der Waals surface area (Å²) >= 11 is 7.21. The molecule has 1 N–H and O–H groups in total. The lowest BCUT2D eigenvalue weighted by molar-refractivity contribution is -0.128. The van der Waals surface area contributed by atoms with Crippen LogP contribution in [0.5, 0.6) is 5.75 Å². The van der Waals surface area contributed by atoms with E-state index in [2.05, 4.69) is 5.32 Å². The molecule has 140 valence electrons. The molecule has 0 fully saturated rings. The molecule has 0 radical (unpaired) electrons. The first-order valence-corrected chi connectivity index (χ1v) is 9.38. The molecule has 2 rings (SSSR count). The number of hydrogen-bond acceptors (Lipinski definition) is 5. The highest BCUT2D eigenvalue weighted by Gasteiger charge is 2.32. The zero-order chi connectivity index (χ0) is 19.5. The van der Waals surface area contributed by atoms with Crippen LogP contribution in [0.15, 0.2) is 24.3 Å². The third kappa shape index (κ3) is 4.56. The smallest absolute Gasteiger partial charge is 0.341 e. The molecule has 1 heterocycles. The van der Waals surface area contributed by atoms with Crippen molar-refractivity contribution in [2.75, 3.05) is 11.9 Å². The van der Waals surface area contributed by atoms with Gasteiger partial charge in [-0.15, -0.1) is 11.3 Å². The molecule has 0 saturated heterocycles. The number of rotatable bonds is 6. The summed E-state index contributed by atoms with van der Waals surface area (Å²) < 4.78 is 10.9. The predicted molar refractivity (Wildman–Crippen MR) is 105 cm³/mol. The van der Waals surface area contributed by atoms with Crippen LogP contribution in [0.3, 0.4) is 0 Å². The summed E-state index contributed by atoms with van der Waals surface area (Å²) in [6.07, 6.45) is 0. The number of esters is 1. The topological polar surface area (TPSA) is 64.6 Å². The summed E-state index contributed by atoms with van der Waals surface area (Å²) in [4.78, 5) is 25.9. The number of benzene rings is 1. The van der Waals surface area contributed by atoms with Crippen molar-refractivity contribution in [3.63, 3.8) is 0 Å². The molecule has 26 heavy (non-hydrogen) atoms. The van der Waals surface area contributed by atoms with Gasteiger partial charge in [-0.2, -0.15) is 0 Å². The van der Waals surface area contributed by atoms with Gasteiger partial charge in [-0.05, 0) is 64.4 Å². The van der Waals surface area contributed by atoms with E-state index in [0.29, 0.717) is 21.3 Å². The second-order valence-electron chi connectivity index (χ2n) is 6.23. The normalized spacial score (nSPS) is 11.2. The van der Waals surface area contributed by atoms with Crippen LogP contribution in [0.1, 0.15) is 41.6 Å². The van der Waals surface area contributed by atoms with Gasteiger partial charge < -0.3 is 14.8 Å². The Morgan fingerprint density at radius 2 is 1.81 bits per heavy atom. The SMILES string of the molecule is CCOC(=O)c1c(NC(=O)C(C)(C)Oc2ccc(Cl)cc2)sc(C)c1C. The Bertz CT molecular complexity index is 812. The van der Waals surface area contributed by atoms with Crippen molar-refractivity contribution in [3.8, 4) is 5.75 Å². The average Bonchev–Trinajstić information content (AvgIpc) is 2.84. The highest BCUT2D eigenvalue weighted by molar-refractivity contribution is 7.16. The number of ether oxygens (including phenoxy) is 2. The third-order valence-electron chi connectivity index (χ3n) is 3.83. The molecule has 0 saturated carbocycles. The molecule has 0 aliphatic heterocycles. The number of carbonyl (C=O) groups is 2. The van der Waals surface area contributed by atoms with Crippen molar-refractivity contribution < 1.29 is 19.1 Å². The van der Waals surface area contributed by atoms with Gasteiger partial charge in [0, 0.05) is 9.90 Å². The maximum absolute atomic E-state index is 12.8. The van der Waals surface area contributed by atoms with Crippen LogP contribution in [-0.4, -0.2) is 24.1 Å². The number of carbonyl (C=O) groups excluding carboxylic acids is 2. The minimum Gasteiger partial charge on any atom is -0.478 e. The number of amides is 1. The van der Waals surface area contributed by atoms with E-state index in [4.69, 9.17) is 21.1 Å². The fraction of sp³-hybridized carbons (Fsp3) is 0.368. The molecule has 7 heteroatoms. The molecule has 5 nitrogen and oxygen atoms in total. The van der Waals surface area contributed by atoms with Gasteiger partial charge >= 0.3 is 5.97 Å². The van der Waals surface area contributed by atoms with Crippen molar-refractivity contribution in [2.24, 2.45) is 0 Å². The van der Waals surface area contributed by atoms with Gasteiger partial charge in [-0.3, -0.25) is 4.79 Å². The van der Waals surface area contributed by atoms with Crippen molar-refractivity contribution in [1.29, 1.82) is 0 Å². The van der Waals surface area contributed by atoms with Crippen LogP contribution >= 0.6 is 22.9 Å². The Morgan fingerprint density at radius 3 is 2.38 bits per heavy atom. The number of aryl methyl sites for hydroxylation is 1. The highest BCUT2D eigenvalue weighted by Crippen LogP contribution is 2.34. The summed E-state index contributed by atoms with van der Waals surface area (Å²) in [5, 5.41) is 3.87. The summed E-state index contributed by atoms with van der Waals surface area (Å²) in [5.41, 5.74) is 0.0520. The van der Waals surface area contributed by atoms with Crippen LogP contribution in [-0.2, 0) is 9.53 Å². The van der Waals surface area contributed by atoms with Gasteiger partial charge in [0.2, 0.25) is 0 Å². The van der Waals surface area contributed by atoms with Crippen molar-refractivity contribution in [1.82, 2.24) is 0 Å². The Kier molecular flexibility index (Phi) is 6.31. The van der Waals surface area contributed by atoms with Gasteiger partial charge in [0.1, 0.15) is 10.8 Å². The largest absolute Gasteiger partial charge is 0.478 e. The lowest BCUT2D eigenvalue weighted by Crippen LogP contribution is -2.42. The minimum absolute atomic E-state index is 0.270. The van der Waals surface area contributed by atoms with E-state index in [9.17, 15) is 9.59 Å². The molecule has 1 aromatic carbocycles. The van der Waals surface area contributed by atoms with E-state index in [1.165, 1.54) is 11.3 Å². The molecule has 0 spiro atoms. The second-order valence-corrected chi connectivity index (χ2v) is 7.89. The highest BCUT2D eigenvalue weighted by atomic mass is 35.5. The molecule has 1 aromatic heterocycles. The Morgan fingerprint density at radius 1 is 1.19 bits per heavy atom. The van der Waals surface area contributed by atoms with Gasteiger partial charge in [-0.1, -0.05) is 11.6 Å². The van der Waals surface area contributed by atoms with E-state index in [1.54, 1.807) is 45.0 Å². The zero-order valence-corrected chi connectivity index (χ0v) is 17.0. The van der Waals surface area contributed by atoms with E-state index >= 15 is 0 Å². The standard InChI is InChI=1S/C19H22ClNO4S/c1-6-24-17(22)15-11(2)12(3)26-16(15)21-18(23)19(4,5)25-14-9-7-13(20)8-10-14/h7-10H,6H2,1-5H3,(H,21,23). The van der Waals surface area contributed by atoms with E-state index in [0.717, 1.165) is 10.4 Å². The van der Waals surface area contributed by atoms with Gasteiger partial charge in [0.15, 0.2) is 5.60 Å². The molecule has 1 amide bonds. The predicted octanol–water partition coefficient (Wildman–Crippen LogP) is 4.99. The third-order valence-corrected chi connectivity index (χ3v) is 5.20. The lowest BCUT2D eigenvalue weighted by Gasteiger charge is -2.25. The Labute approximate surface area is 162 Å². The van der Waals surface area contributed by atoms with Crippen LogP contribution in [0.4, 0.5) is 5.00 Å². The molecule has 0 bridgehead atoms. The summed E-state index contributed by atoms with van der Waals surface area (Å²) in [7, 11) is 0. The van der Waals surface area contributed by atoms with Gasteiger partial charge in [-0.25, -0.2) is 4.79 Å². The van der Waals surface area contributed by atoms with Crippen molar-refractivity contribution in [3.05, 3.63) is 45.3 Å². The van der Waals surface area contributed by atoms with E-state index < -0.39 is 11.6 Å². The summed E-state index contributed by atoms with van der Waals surface area (Å²) in [5.74, 6) is -0.279. The fourth-order valence-electron chi connectivity index (χ4n) is 2.26. The van der Waals surface area contributed by atoms with E-state index in [-0.39, 0.29) is 12.5 Å². The quantitative estimate of drug-likeness (QED) is 0.699. The lowest BCUT2D eigenvalue weighted by atomic mass is 10.1. The molecular weight excluding hydrogens is 374 g/mol. The van der Waals surface area contributed by atoms with Crippen molar-refractivity contribution in [2.45, 2.75) is 40.2 Å². The van der Waals surface area contributed by atoms with Gasteiger partial charge in [0.05, 0.1) is 12.2 Å². The first-order chi connectivity index (χ1) is 12.2. The van der Waals surface area contributed by atoms with Gasteiger partial charge in [0.25, 0.3) is 5.91 Å². The Hall–Kier alpha value is -2.05. The Balaban J connectivity index is 2.21. The zero-order valence-electron chi connectivity index (χ0n) is 15.4. The molecular formula is C19H22ClNO4S. The van der Waals surface area contributed by atoms with Crippen LogP contribution < -0.4 is 10.1 Å². The minimum atomic E-state index is -1.15. The van der Waals surface area contributed by atoms with Crippen molar-refractivity contribution >= 4 is 39.8 Å².